The van der Waals surface area contributed by atoms with E-state index in [9.17, 15) is 0 Å². The molecule has 0 atom stereocenters. The normalized spacial score (nSPS) is 10.9. The zero-order valence-electron chi connectivity index (χ0n) is 17.1. The lowest BCUT2D eigenvalue weighted by molar-refractivity contribution is 0.409. The van der Waals surface area contributed by atoms with Crippen molar-refractivity contribution in [2.24, 2.45) is 4.99 Å². The van der Waals surface area contributed by atoms with Crippen molar-refractivity contribution in [1.29, 1.82) is 0 Å². The molecule has 1 aromatic heterocycles. The first kappa shape index (κ1) is 22.7. The summed E-state index contributed by atoms with van der Waals surface area (Å²) in [5.41, 5.74) is 3.54. The van der Waals surface area contributed by atoms with Crippen LogP contribution in [-0.4, -0.2) is 29.7 Å². The van der Waals surface area contributed by atoms with Gasteiger partial charge in [0.1, 0.15) is 11.6 Å². The Balaban J connectivity index is 0.00000300. The molecule has 1 heterocycles. The van der Waals surface area contributed by atoms with Crippen molar-refractivity contribution in [3.05, 3.63) is 83.4 Å². The Morgan fingerprint density at radius 2 is 1.83 bits per heavy atom. The topological polar surface area (TPSA) is 63.5 Å². The molecule has 2 N–H and O–H groups in total. The quantitative estimate of drug-likeness (QED) is 0.292. The van der Waals surface area contributed by atoms with Crippen molar-refractivity contribution < 1.29 is 4.74 Å². The van der Waals surface area contributed by atoms with Gasteiger partial charge in [0, 0.05) is 44.6 Å². The third-order valence-electron chi connectivity index (χ3n) is 4.59. The highest BCUT2D eigenvalue weighted by Gasteiger charge is 2.04. The van der Waals surface area contributed by atoms with Crippen molar-refractivity contribution in [3.63, 3.8) is 0 Å². The molecule has 2 aromatic carbocycles. The summed E-state index contributed by atoms with van der Waals surface area (Å²) in [7, 11) is 3.46. The van der Waals surface area contributed by atoms with Crippen LogP contribution in [0.25, 0.3) is 0 Å². The number of methoxy groups -OCH3 is 1. The van der Waals surface area contributed by atoms with Gasteiger partial charge < -0.3 is 19.9 Å². The number of hydrogen-bond acceptors (Lipinski definition) is 3. The van der Waals surface area contributed by atoms with Gasteiger partial charge in [-0.05, 0) is 24.1 Å². The number of guanidine groups is 1. The molecule has 3 aromatic rings. The van der Waals surface area contributed by atoms with Crippen LogP contribution in [0, 0.1) is 6.92 Å². The van der Waals surface area contributed by atoms with Crippen LogP contribution < -0.4 is 15.4 Å². The van der Waals surface area contributed by atoms with E-state index in [0.29, 0.717) is 13.1 Å². The van der Waals surface area contributed by atoms with E-state index in [-0.39, 0.29) is 24.0 Å². The number of aromatic nitrogens is 2. The Bertz CT molecular complexity index is 938. The third-order valence-corrected chi connectivity index (χ3v) is 4.59. The second-order valence-electron chi connectivity index (χ2n) is 6.51. The molecule has 0 saturated heterocycles. The molecule has 0 amide bonds. The maximum absolute atomic E-state index is 5.40. The number of para-hydroxylation sites is 1. The molecule has 0 radical (unpaired) electrons. The minimum atomic E-state index is 0. The minimum absolute atomic E-state index is 0. The van der Waals surface area contributed by atoms with Crippen LogP contribution in [0.4, 0.5) is 0 Å². The van der Waals surface area contributed by atoms with Crippen LogP contribution in [0.15, 0.2) is 65.9 Å². The smallest absolute Gasteiger partial charge is 0.191 e. The minimum Gasteiger partial charge on any atom is -0.496 e. The Labute approximate surface area is 189 Å². The van der Waals surface area contributed by atoms with E-state index in [2.05, 4.69) is 49.4 Å². The van der Waals surface area contributed by atoms with Crippen LogP contribution in [0.2, 0.25) is 0 Å². The van der Waals surface area contributed by atoms with Crippen molar-refractivity contribution in [2.45, 2.75) is 26.6 Å². The number of aliphatic imine (C=N–C) groups is 1. The zero-order chi connectivity index (χ0) is 19.8. The molecule has 3 rings (SSSR count). The van der Waals surface area contributed by atoms with E-state index in [1.165, 1.54) is 11.1 Å². The SMILES string of the molecule is CN=C(NCc1cccc(Cn2ccnc2C)c1)NCc1ccccc1OC.I. The standard InChI is InChI=1S/C22H27N5O.HI/c1-17-24-11-12-27(17)16-19-8-6-7-18(13-19)14-25-22(23-2)26-15-20-9-4-5-10-21(20)28-3;/h4-13H,14-16H2,1-3H3,(H2,23,25,26);1H. The molecule has 6 nitrogen and oxygen atoms in total. The summed E-state index contributed by atoms with van der Waals surface area (Å²) < 4.78 is 7.54. The summed E-state index contributed by atoms with van der Waals surface area (Å²) in [6.07, 6.45) is 3.84. The molecule has 0 aliphatic rings. The van der Waals surface area contributed by atoms with Gasteiger partial charge in [0.05, 0.1) is 7.11 Å². The molecule has 0 aliphatic carbocycles. The van der Waals surface area contributed by atoms with E-state index in [0.717, 1.165) is 29.6 Å². The fourth-order valence-electron chi connectivity index (χ4n) is 3.04. The first-order chi connectivity index (χ1) is 13.7. The number of benzene rings is 2. The summed E-state index contributed by atoms with van der Waals surface area (Å²) in [6, 6.07) is 16.5. The van der Waals surface area contributed by atoms with Gasteiger partial charge in [-0.1, -0.05) is 42.5 Å². The number of aryl methyl sites for hydroxylation is 1. The highest BCUT2D eigenvalue weighted by Crippen LogP contribution is 2.16. The second-order valence-corrected chi connectivity index (χ2v) is 6.51. The van der Waals surface area contributed by atoms with E-state index >= 15 is 0 Å². The molecule has 7 heteroatoms. The summed E-state index contributed by atoms with van der Waals surface area (Å²) in [5, 5.41) is 6.71. The van der Waals surface area contributed by atoms with E-state index in [4.69, 9.17) is 4.74 Å². The van der Waals surface area contributed by atoms with Gasteiger partial charge >= 0.3 is 0 Å². The van der Waals surface area contributed by atoms with Crippen LogP contribution in [0.1, 0.15) is 22.5 Å². The number of ether oxygens (including phenoxy) is 1. The van der Waals surface area contributed by atoms with Gasteiger partial charge in [-0.15, -0.1) is 24.0 Å². The summed E-state index contributed by atoms with van der Waals surface area (Å²) in [6.45, 7) is 4.18. The van der Waals surface area contributed by atoms with Crippen LogP contribution in [-0.2, 0) is 19.6 Å². The number of halogens is 1. The van der Waals surface area contributed by atoms with Gasteiger partial charge in [0.25, 0.3) is 0 Å². The molecule has 154 valence electrons. The fourth-order valence-corrected chi connectivity index (χ4v) is 3.04. The average Bonchev–Trinajstić information content (AvgIpc) is 3.13. The van der Waals surface area contributed by atoms with Gasteiger partial charge in [-0.2, -0.15) is 0 Å². The predicted octanol–water partition coefficient (Wildman–Crippen LogP) is 3.73. The molecule has 0 unspecified atom stereocenters. The number of rotatable bonds is 7. The van der Waals surface area contributed by atoms with Crippen LogP contribution >= 0.6 is 24.0 Å². The molecule has 29 heavy (non-hydrogen) atoms. The average molecular weight is 505 g/mol. The number of nitrogens with zero attached hydrogens (tertiary/aromatic N) is 3. The fraction of sp³-hybridized carbons (Fsp3) is 0.273. The number of nitrogens with one attached hydrogen (secondary N) is 2. The third kappa shape index (κ3) is 6.49. The van der Waals surface area contributed by atoms with E-state index in [1.54, 1.807) is 14.2 Å². The second kappa shape index (κ2) is 11.5. The van der Waals surface area contributed by atoms with Gasteiger partial charge in [-0.3, -0.25) is 4.99 Å². The maximum Gasteiger partial charge on any atom is 0.191 e. The zero-order valence-corrected chi connectivity index (χ0v) is 19.4. The van der Waals surface area contributed by atoms with Gasteiger partial charge in [0.15, 0.2) is 5.96 Å². The van der Waals surface area contributed by atoms with Crippen LogP contribution in [0.3, 0.4) is 0 Å². The lowest BCUT2D eigenvalue weighted by Crippen LogP contribution is -2.36. The summed E-state index contributed by atoms with van der Waals surface area (Å²) >= 11 is 0. The van der Waals surface area contributed by atoms with Crippen molar-refractivity contribution in [2.75, 3.05) is 14.2 Å². The van der Waals surface area contributed by atoms with E-state index in [1.807, 2.05) is 43.6 Å². The molecule has 0 aliphatic heterocycles. The van der Waals surface area contributed by atoms with Crippen molar-refractivity contribution >= 4 is 29.9 Å². The van der Waals surface area contributed by atoms with Crippen LogP contribution in [0.5, 0.6) is 5.75 Å². The Morgan fingerprint density at radius 3 is 2.55 bits per heavy atom. The summed E-state index contributed by atoms with van der Waals surface area (Å²) in [5.74, 6) is 2.64. The van der Waals surface area contributed by atoms with Crippen molar-refractivity contribution in [3.8, 4) is 5.75 Å². The predicted molar refractivity (Wildman–Crippen MR) is 128 cm³/mol. The largest absolute Gasteiger partial charge is 0.496 e. The monoisotopic (exact) mass is 505 g/mol. The Morgan fingerprint density at radius 1 is 1.07 bits per heavy atom. The summed E-state index contributed by atoms with van der Waals surface area (Å²) in [4.78, 5) is 8.59. The maximum atomic E-state index is 5.40. The highest BCUT2D eigenvalue weighted by atomic mass is 127. The molecule has 0 saturated carbocycles. The number of imidazole rings is 1. The molecule has 0 bridgehead atoms. The molecule has 0 fully saturated rings. The first-order valence-corrected chi connectivity index (χ1v) is 9.31. The lowest BCUT2D eigenvalue weighted by atomic mass is 10.1. The Hall–Kier alpha value is -2.55. The molecule has 0 spiro atoms. The van der Waals surface area contributed by atoms with Gasteiger partial charge in [-0.25, -0.2) is 4.98 Å². The van der Waals surface area contributed by atoms with Gasteiger partial charge in [0.2, 0.25) is 0 Å². The molecular weight excluding hydrogens is 477 g/mol. The van der Waals surface area contributed by atoms with E-state index < -0.39 is 0 Å². The first-order valence-electron chi connectivity index (χ1n) is 9.31. The highest BCUT2D eigenvalue weighted by molar-refractivity contribution is 14.0. The lowest BCUT2D eigenvalue weighted by Gasteiger charge is -2.14. The molecular formula is C22H28IN5O. The van der Waals surface area contributed by atoms with Crippen molar-refractivity contribution in [1.82, 2.24) is 20.2 Å². The Kier molecular flexibility index (Phi) is 8.98. The number of hydrogen-bond donors (Lipinski definition) is 2.